The van der Waals surface area contributed by atoms with Gasteiger partial charge in [-0.25, -0.2) is 0 Å². The van der Waals surface area contributed by atoms with Gasteiger partial charge in [0.1, 0.15) is 0 Å². The van der Waals surface area contributed by atoms with Crippen LogP contribution in [-0.2, 0) is 0 Å². The molecular formula is C5H5ClN2S. The molecule has 0 aromatic carbocycles. The van der Waals surface area contributed by atoms with Crippen LogP contribution < -0.4 is 0 Å². The van der Waals surface area contributed by atoms with Crippen LogP contribution in [0.2, 0.25) is 0 Å². The third-order valence-corrected chi connectivity index (χ3v) is 1.91. The molecule has 1 N–H and O–H groups in total. The van der Waals surface area contributed by atoms with E-state index in [-0.39, 0.29) is 12.4 Å². The number of halogens is 1. The Balaban J connectivity index is 0.000000405. The molecule has 4 heteroatoms. The smallest absolute Gasteiger partial charge is 0.0758 e. The third kappa shape index (κ3) is 0.930. The van der Waals surface area contributed by atoms with Crippen LogP contribution in [0.3, 0.4) is 0 Å². The average molecular weight is 161 g/mol. The first-order valence-corrected chi connectivity index (χ1v) is 3.21. The number of nitrogens with zero attached hydrogens (tertiary/aromatic N) is 1. The molecule has 2 nitrogen and oxygen atoms in total. The highest BCUT2D eigenvalue weighted by molar-refractivity contribution is 7.17. The van der Waals surface area contributed by atoms with Gasteiger partial charge in [0.2, 0.25) is 0 Å². The Labute approximate surface area is 62.3 Å². The van der Waals surface area contributed by atoms with E-state index >= 15 is 0 Å². The second kappa shape index (κ2) is 2.37. The standard InChI is InChI=1S/C5H4N2S.ClH/c1-2-8-5-3-6-7-4(1)5;/h1-3H,(H,6,7);1H. The summed E-state index contributed by atoms with van der Waals surface area (Å²) in [7, 11) is 0. The van der Waals surface area contributed by atoms with Gasteiger partial charge < -0.3 is 0 Å². The van der Waals surface area contributed by atoms with Gasteiger partial charge in [0.15, 0.2) is 0 Å². The molecule has 0 spiro atoms. The molecule has 0 atom stereocenters. The number of aromatic amines is 1. The minimum Gasteiger partial charge on any atom is -0.277 e. The molecule has 0 saturated carbocycles. The molecule has 9 heavy (non-hydrogen) atoms. The molecule has 0 aliphatic carbocycles. The molecule has 2 aromatic heterocycles. The van der Waals surface area contributed by atoms with Crippen molar-refractivity contribution in [2.75, 3.05) is 0 Å². The number of fused-ring (bicyclic) bond motifs is 1. The first-order chi connectivity index (χ1) is 3.97. The average Bonchev–Trinajstić information content (AvgIpc) is 2.15. The summed E-state index contributed by atoms with van der Waals surface area (Å²) in [4.78, 5) is 0. The van der Waals surface area contributed by atoms with E-state index in [1.165, 1.54) is 4.70 Å². The van der Waals surface area contributed by atoms with E-state index in [1.807, 2.05) is 17.6 Å². The molecule has 0 radical (unpaired) electrons. The van der Waals surface area contributed by atoms with Crippen LogP contribution in [0, 0.1) is 0 Å². The molecule has 2 aromatic rings. The summed E-state index contributed by atoms with van der Waals surface area (Å²) in [5.74, 6) is 0. The van der Waals surface area contributed by atoms with E-state index < -0.39 is 0 Å². The number of rotatable bonds is 0. The molecule has 2 heterocycles. The third-order valence-electron chi connectivity index (χ3n) is 1.06. The highest BCUT2D eigenvalue weighted by Gasteiger charge is 1.91. The molecular weight excluding hydrogens is 156 g/mol. The number of hydrogen-bond donors (Lipinski definition) is 1. The van der Waals surface area contributed by atoms with Crippen molar-refractivity contribution in [3.05, 3.63) is 17.6 Å². The minimum atomic E-state index is 0. The predicted molar refractivity (Wildman–Crippen MR) is 41.2 cm³/mol. The zero-order valence-electron chi connectivity index (χ0n) is 4.50. The van der Waals surface area contributed by atoms with E-state index in [0.717, 1.165) is 5.52 Å². The minimum absolute atomic E-state index is 0. The summed E-state index contributed by atoms with van der Waals surface area (Å²) in [6.07, 6.45) is 1.83. The molecule has 48 valence electrons. The van der Waals surface area contributed by atoms with Gasteiger partial charge in [-0.2, -0.15) is 5.10 Å². The first-order valence-electron chi connectivity index (χ1n) is 2.33. The van der Waals surface area contributed by atoms with Crippen molar-refractivity contribution in [2.24, 2.45) is 0 Å². The topological polar surface area (TPSA) is 28.7 Å². The maximum absolute atomic E-state index is 3.85. The molecule has 2 rings (SSSR count). The fourth-order valence-corrected chi connectivity index (χ4v) is 1.38. The van der Waals surface area contributed by atoms with Crippen molar-refractivity contribution >= 4 is 34.0 Å². The summed E-state index contributed by atoms with van der Waals surface area (Å²) in [6, 6.07) is 2.02. The maximum atomic E-state index is 3.85. The van der Waals surface area contributed by atoms with E-state index in [1.54, 1.807) is 11.3 Å². The second-order valence-electron chi connectivity index (χ2n) is 1.57. The van der Waals surface area contributed by atoms with Crippen molar-refractivity contribution in [3.63, 3.8) is 0 Å². The zero-order chi connectivity index (χ0) is 5.40. The van der Waals surface area contributed by atoms with E-state index in [0.29, 0.717) is 0 Å². The van der Waals surface area contributed by atoms with Crippen LogP contribution >= 0.6 is 23.7 Å². The van der Waals surface area contributed by atoms with Crippen LogP contribution in [0.25, 0.3) is 10.2 Å². The van der Waals surface area contributed by atoms with Crippen LogP contribution in [0.15, 0.2) is 17.6 Å². The summed E-state index contributed by atoms with van der Waals surface area (Å²) >= 11 is 1.70. The highest BCUT2D eigenvalue weighted by atomic mass is 35.5. The number of nitrogens with one attached hydrogen (secondary N) is 1. The summed E-state index contributed by atoms with van der Waals surface area (Å²) in [5.41, 5.74) is 1.13. The van der Waals surface area contributed by atoms with E-state index in [9.17, 15) is 0 Å². The van der Waals surface area contributed by atoms with Crippen molar-refractivity contribution in [1.82, 2.24) is 10.2 Å². The lowest BCUT2D eigenvalue weighted by molar-refractivity contribution is 1.12. The lowest BCUT2D eigenvalue weighted by atomic mass is 10.5. The number of H-pyrrole nitrogens is 1. The monoisotopic (exact) mass is 160 g/mol. The van der Waals surface area contributed by atoms with Crippen LogP contribution in [0.4, 0.5) is 0 Å². The number of aromatic nitrogens is 2. The molecule has 0 bridgehead atoms. The zero-order valence-corrected chi connectivity index (χ0v) is 6.13. The molecule has 0 aliphatic heterocycles. The van der Waals surface area contributed by atoms with Gasteiger partial charge >= 0.3 is 0 Å². The second-order valence-corrected chi connectivity index (χ2v) is 2.52. The van der Waals surface area contributed by atoms with E-state index in [2.05, 4.69) is 10.2 Å². The fourth-order valence-electron chi connectivity index (χ4n) is 0.674. The van der Waals surface area contributed by atoms with Crippen LogP contribution in [0.1, 0.15) is 0 Å². The Kier molecular flexibility index (Phi) is 1.73. The summed E-state index contributed by atoms with van der Waals surface area (Å²) < 4.78 is 1.23. The largest absolute Gasteiger partial charge is 0.277 e. The Hall–Kier alpha value is -0.540. The van der Waals surface area contributed by atoms with Gasteiger partial charge in [-0.05, 0) is 11.4 Å². The Bertz CT molecular complexity index is 236. The van der Waals surface area contributed by atoms with Crippen molar-refractivity contribution in [3.8, 4) is 0 Å². The number of hydrogen-bond acceptors (Lipinski definition) is 2. The molecule has 0 aliphatic rings. The summed E-state index contributed by atoms with van der Waals surface area (Å²) in [5, 5.41) is 8.75. The van der Waals surface area contributed by atoms with Crippen molar-refractivity contribution in [1.29, 1.82) is 0 Å². The Morgan fingerprint density at radius 2 is 2.44 bits per heavy atom. The highest BCUT2D eigenvalue weighted by Crippen LogP contribution is 2.15. The normalized spacial score (nSPS) is 9.33. The molecule has 0 saturated heterocycles. The van der Waals surface area contributed by atoms with Gasteiger partial charge in [-0.1, -0.05) is 0 Å². The maximum Gasteiger partial charge on any atom is 0.0758 e. The van der Waals surface area contributed by atoms with Crippen molar-refractivity contribution < 1.29 is 0 Å². The SMILES string of the molecule is Cl.c1cc2[nH]ncc2s1. The van der Waals surface area contributed by atoms with Gasteiger partial charge in [-0.3, -0.25) is 5.10 Å². The van der Waals surface area contributed by atoms with Gasteiger partial charge in [0, 0.05) is 0 Å². The van der Waals surface area contributed by atoms with Gasteiger partial charge in [0.25, 0.3) is 0 Å². The Morgan fingerprint density at radius 3 is 3.22 bits per heavy atom. The lowest BCUT2D eigenvalue weighted by Gasteiger charge is -1.64. The quantitative estimate of drug-likeness (QED) is 0.628. The van der Waals surface area contributed by atoms with Crippen LogP contribution in [-0.4, -0.2) is 10.2 Å². The molecule has 0 unspecified atom stereocenters. The van der Waals surface area contributed by atoms with E-state index in [4.69, 9.17) is 0 Å². The van der Waals surface area contributed by atoms with Crippen LogP contribution in [0.5, 0.6) is 0 Å². The summed E-state index contributed by atoms with van der Waals surface area (Å²) in [6.45, 7) is 0. The molecule has 0 fully saturated rings. The number of thiophene rings is 1. The lowest BCUT2D eigenvalue weighted by Crippen LogP contribution is -1.58. The van der Waals surface area contributed by atoms with Crippen molar-refractivity contribution in [2.45, 2.75) is 0 Å². The van der Waals surface area contributed by atoms with Gasteiger partial charge in [0.05, 0.1) is 16.4 Å². The van der Waals surface area contributed by atoms with Gasteiger partial charge in [-0.15, -0.1) is 23.7 Å². The first kappa shape index (κ1) is 6.58. The molecule has 0 amide bonds. The fraction of sp³-hybridized carbons (Fsp3) is 0. The predicted octanol–water partition coefficient (Wildman–Crippen LogP) is 2.05. The Morgan fingerprint density at radius 1 is 1.56 bits per heavy atom.